The van der Waals surface area contributed by atoms with Crippen molar-refractivity contribution in [3.63, 3.8) is 0 Å². The molecule has 2 amide bonds. The third-order valence-corrected chi connectivity index (χ3v) is 5.19. The van der Waals surface area contributed by atoms with Crippen LogP contribution in [-0.2, 0) is 0 Å². The van der Waals surface area contributed by atoms with Gasteiger partial charge in [-0.15, -0.1) is 0 Å². The first-order valence-electron chi connectivity index (χ1n) is 9.56. The molecule has 3 aromatic rings. The number of amides is 2. The van der Waals surface area contributed by atoms with E-state index in [1.165, 1.54) is 19.2 Å². The fourth-order valence-electron chi connectivity index (χ4n) is 3.62. The number of carbonyl (C=O) groups is 1. The fraction of sp³-hybridized carbons (Fsp3) is 0.273. The van der Waals surface area contributed by atoms with E-state index in [1.54, 1.807) is 17.0 Å². The van der Waals surface area contributed by atoms with Gasteiger partial charge in [0.15, 0.2) is 11.7 Å². The molecule has 6 nitrogen and oxygen atoms in total. The predicted octanol–water partition coefficient (Wildman–Crippen LogP) is 4.77. The van der Waals surface area contributed by atoms with Gasteiger partial charge < -0.3 is 9.32 Å². The smallest absolute Gasteiger partial charge is 0.343 e. The van der Waals surface area contributed by atoms with Gasteiger partial charge in [-0.3, -0.25) is 5.21 Å². The van der Waals surface area contributed by atoms with Crippen molar-refractivity contribution in [2.75, 3.05) is 20.1 Å². The van der Waals surface area contributed by atoms with E-state index in [-0.39, 0.29) is 11.7 Å². The summed E-state index contributed by atoms with van der Waals surface area (Å²) in [6.07, 6.45) is 1.38. The Bertz CT molecular complexity index is 978. The molecule has 0 unspecified atom stereocenters. The number of piperidine rings is 1. The summed E-state index contributed by atoms with van der Waals surface area (Å²) in [4.78, 5) is 18.3. The van der Waals surface area contributed by atoms with Crippen LogP contribution in [0.15, 0.2) is 59.0 Å². The second-order valence-corrected chi connectivity index (χ2v) is 7.17. The van der Waals surface area contributed by atoms with Gasteiger partial charge in [0.05, 0.1) is 0 Å². The first-order valence-corrected chi connectivity index (χ1v) is 9.56. The number of hydroxylamine groups is 2. The number of benzene rings is 2. The lowest BCUT2D eigenvalue weighted by molar-refractivity contribution is -0.0358. The van der Waals surface area contributed by atoms with Crippen LogP contribution in [0.25, 0.3) is 22.6 Å². The van der Waals surface area contributed by atoms with Crippen LogP contribution in [0.5, 0.6) is 0 Å². The second-order valence-electron chi connectivity index (χ2n) is 7.17. The van der Waals surface area contributed by atoms with Crippen molar-refractivity contribution >= 4 is 6.03 Å². The molecule has 1 aliphatic rings. The maximum atomic E-state index is 13.4. The van der Waals surface area contributed by atoms with Crippen LogP contribution in [0, 0.1) is 5.82 Å². The molecule has 4 rings (SSSR count). The summed E-state index contributed by atoms with van der Waals surface area (Å²) in [6, 6.07) is 15.5. The molecule has 0 spiro atoms. The topological polar surface area (TPSA) is 69.8 Å². The Morgan fingerprint density at radius 2 is 1.76 bits per heavy atom. The third kappa shape index (κ3) is 4.00. The van der Waals surface area contributed by atoms with Crippen LogP contribution < -0.4 is 0 Å². The highest BCUT2D eigenvalue weighted by atomic mass is 19.1. The molecule has 1 aromatic heterocycles. The van der Waals surface area contributed by atoms with Gasteiger partial charge in [0.2, 0.25) is 0 Å². The van der Waals surface area contributed by atoms with E-state index in [4.69, 9.17) is 9.40 Å². The number of nitrogens with zero attached hydrogens (tertiary/aromatic N) is 3. The van der Waals surface area contributed by atoms with E-state index in [0.717, 1.165) is 11.1 Å². The molecule has 1 saturated heterocycles. The Morgan fingerprint density at radius 3 is 2.38 bits per heavy atom. The fourth-order valence-corrected chi connectivity index (χ4v) is 3.62. The minimum Gasteiger partial charge on any atom is -0.440 e. The van der Waals surface area contributed by atoms with Crippen molar-refractivity contribution in [1.29, 1.82) is 0 Å². The summed E-state index contributed by atoms with van der Waals surface area (Å²) >= 11 is 0. The van der Waals surface area contributed by atoms with Crippen LogP contribution in [0.2, 0.25) is 0 Å². The number of hydrogen-bond acceptors (Lipinski definition) is 4. The van der Waals surface area contributed by atoms with Crippen LogP contribution in [-0.4, -0.2) is 46.3 Å². The van der Waals surface area contributed by atoms with Crippen molar-refractivity contribution in [2.45, 2.75) is 18.8 Å². The highest BCUT2D eigenvalue weighted by molar-refractivity contribution is 5.77. The summed E-state index contributed by atoms with van der Waals surface area (Å²) in [6.45, 7) is 1.03. The van der Waals surface area contributed by atoms with Crippen molar-refractivity contribution in [1.82, 2.24) is 14.9 Å². The van der Waals surface area contributed by atoms with Gasteiger partial charge in [-0.1, -0.05) is 30.3 Å². The zero-order valence-corrected chi connectivity index (χ0v) is 16.1. The van der Waals surface area contributed by atoms with Crippen molar-refractivity contribution < 1.29 is 18.8 Å². The normalized spacial score (nSPS) is 14.8. The minimum atomic E-state index is -0.409. The Morgan fingerprint density at radius 1 is 1.10 bits per heavy atom. The molecule has 0 atom stereocenters. The van der Waals surface area contributed by atoms with Crippen LogP contribution in [0.3, 0.4) is 0 Å². The van der Waals surface area contributed by atoms with Crippen LogP contribution in [0.1, 0.15) is 24.7 Å². The van der Waals surface area contributed by atoms with Crippen molar-refractivity contribution in [3.8, 4) is 22.6 Å². The summed E-state index contributed by atoms with van der Waals surface area (Å²) < 4.78 is 19.6. The van der Waals surface area contributed by atoms with E-state index in [1.807, 2.05) is 30.3 Å². The zero-order chi connectivity index (χ0) is 20.4. The van der Waals surface area contributed by atoms with Crippen LogP contribution >= 0.6 is 0 Å². The van der Waals surface area contributed by atoms with E-state index in [2.05, 4.69) is 0 Å². The Labute approximate surface area is 168 Å². The lowest BCUT2D eigenvalue weighted by Crippen LogP contribution is -2.43. The predicted molar refractivity (Wildman–Crippen MR) is 106 cm³/mol. The molecule has 1 aliphatic heterocycles. The highest BCUT2D eigenvalue weighted by Crippen LogP contribution is 2.37. The number of rotatable bonds is 3. The van der Waals surface area contributed by atoms with Gasteiger partial charge >= 0.3 is 6.03 Å². The van der Waals surface area contributed by atoms with Gasteiger partial charge in [0.25, 0.3) is 0 Å². The standard InChI is InChI=1S/C22H22FN3O3/c1-25(28)22(27)26-13-11-17(12-14-26)21-24-19(15-7-9-18(23)10-8-15)20(29-21)16-5-3-2-4-6-16/h2-10,17,28H,11-14H2,1H3. The van der Waals surface area contributed by atoms with Gasteiger partial charge in [0.1, 0.15) is 11.5 Å². The molecule has 7 heteroatoms. The Hall–Kier alpha value is -3.19. The number of hydrogen-bond donors (Lipinski definition) is 1. The number of oxazole rings is 1. The van der Waals surface area contributed by atoms with Crippen molar-refractivity contribution in [2.24, 2.45) is 0 Å². The first kappa shape index (κ1) is 19.1. The molecule has 150 valence electrons. The van der Waals surface area contributed by atoms with E-state index in [9.17, 15) is 14.4 Å². The maximum Gasteiger partial charge on any atom is 0.343 e. The van der Waals surface area contributed by atoms with E-state index in [0.29, 0.717) is 48.3 Å². The molecular weight excluding hydrogens is 373 g/mol. The van der Waals surface area contributed by atoms with Gasteiger partial charge in [-0.2, -0.15) is 0 Å². The van der Waals surface area contributed by atoms with Gasteiger partial charge in [-0.25, -0.2) is 19.2 Å². The Balaban J connectivity index is 1.64. The van der Waals surface area contributed by atoms with Gasteiger partial charge in [0, 0.05) is 37.2 Å². The largest absolute Gasteiger partial charge is 0.440 e. The number of urea groups is 1. The quantitative estimate of drug-likeness (QED) is 0.512. The lowest BCUT2D eigenvalue weighted by Gasteiger charge is -2.31. The van der Waals surface area contributed by atoms with Gasteiger partial charge in [-0.05, 0) is 37.1 Å². The molecule has 29 heavy (non-hydrogen) atoms. The summed E-state index contributed by atoms with van der Waals surface area (Å²) in [5, 5.41) is 9.95. The zero-order valence-electron chi connectivity index (χ0n) is 16.1. The number of likely N-dealkylation sites (tertiary alicyclic amines) is 1. The van der Waals surface area contributed by atoms with Crippen LogP contribution in [0.4, 0.5) is 9.18 Å². The maximum absolute atomic E-state index is 13.4. The average molecular weight is 395 g/mol. The molecule has 1 fully saturated rings. The molecule has 2 aromatic carbocycles. The summed E-state index contributed by atoms with van der Waals surface area (Å²) in [7, 11) is 1.32. The van der Waals surface area contributed by atoms with Crippen molar-refractivity contribution in [3.05, 3.63) is 66.3 Å². The summed E-state index contributed by atoms with van der Waals surface area (Å²) in [5.74, 6) is 1.04. The molecule has 0 radical (unpaired) electrons. The Kier molecular flexibility index (Phi) is 5.31. The number of aromatic nitrogens is 1. The monoisotopic (exact) mass is 395 g/mol. The molecule has 0 bridgehead atoms. The molecular formula is C22H22FN3O3. The third-order valence-electron chi connectivity index (χ3n) is 5.19. The average Bonchev–Trinajstić information content (AvgIpc) is 3.20. The SMILES string of the molecule is CN(O)C(=O)N1CCC(c2nc(-c3ccc(F)cc3)c(-c3ccccc3)o2)CC1. The van der Waals surface area contributed by atoms with E-state index >= 15 is 0 Å². The molecule has 0 aliphatic carbocycles. The molecule has 0 saturated carbocycles. The second kappa shape index (κ2) is 8.05. The molecule has 1 N–H and O–H groups in total. The molecule has 2 heterocycles. The number of carbonyl (C=O) groups excluding carboxylic acids is 1. The first-order chi connectivity index (χ1) is 14.0. The minimum absolute atomic E-state index is 0.0692. The lowest BCUT2D eigenvalue weighted by atomic mass is 9.97. The number of halogens is 1. The van der Waals surface area contributed by atoms with E-state index < -0.39 is 6.03 Å². The summed E-state index contributed by atoms with van der Waals surface area (Å²) in [5.41, 5.74) is 2.37. The highest BCUT2D eigenvalue weighted by Gasteiger charge is 2.29.